The van der Waals surface area contributed by atoms with Gasteiger partial charge in [0.15, 0.2) is 0 Å². The third-order valence-corrected chi connectivity index (χ3v) is 2.17. The van der Waals surface area contributed by atoms with Crippen molar-refractivity contribution >= 4 is 23.9 Å². The number of carboxylic acids is 4. The molecule has 0 unspecified atom stereocenters. The van der Waals surface area contributed by atoms with E-state index >= 15 is 0 Å². The fourth-order valence-corrected chi connectivity index (χ4v) is 1.48. The minimum atomic E-state index is -1.23. The maximum atomic E-state index is 10.6. The third-order valence-electron chi connectivity index (χ3n) is 2.17. The quantitative estimate of drug-likeness (QED) is 0.241. The van der Waals surface area contributed by atoms with Crippen LogP contribution in [0.2, 0.25) is 0 Å². The molecule has 0 radical (unpaired) electrons. The molecule has 22 heavy (non-hydrogen) atoms. The van der Waals surface area contributed by atoms with Crippen LogP contribution < -0.4 is 4.75 Å². The normalized spacial score (nSPS) is 10.0. The predicted octanol–water partition coefficient (Wildman–Crippen LogP) is -2.66. The number of hydrogen-bond acceptors (Lipinski definition) is 7. The van der Waals surface area contributed by atoms with E-state index in [1.54, 1.807) is 0 Å². The van der Waals surface area contributed by atoms with Gasteiger partial charge in [0.05, 0.1) is 26.2 Å². The predicted molar refractivity (Wildman–Crippen MR) is 67.6 cm³/mol. The first-order chi connectivity index (χ1) is 10.2. The molecule has 0 rings (SSSR count). The Labute approximate surface area is 134 Å². The van der Waals surface area contributed by atoms with Gasteiger partial charge >= 0.3 is 44.9 Å². The second-order valence-corrected chi connectivity index (χ2v) is 4.00. The molecule has 0 aliphatic rings. The van der Waals surface area contributed by atoms with Gasteiger partial charge in [0, 0.05) is 13.1 Å². The van der Waals surface area contributed by atoms with Gasteiger partial charge in [-0.2, -0.15) is 0 Å². The summed E-state index contributed by atoms with van der Waals surface area (Å²) in [7, 11) is 0. The summed E-state index contributed by atoms with van der Waals surface area (Å²) in [5.41, 5.74) is 0. The van der Waals surface area contributed by atoms with Crippen LogP contribution in [0.1, 0.15) is 0 Å². The number of carboxylic acid groups (broad SMARTS) is 4. The van der Waals surface area contributed by atoms with Crippen molar-refractivity contribution in [3.8, 4) is 0 Å². The summed E-state index contributed by atoms with van der Waals surface area (Å²) in [5.74, 6) is -4.91. The second kappa shape index (κ2) is 13.0. The van der Waals surface area contributed by atoms with E-state index in [-0.39, 0.29) is 13.1 Å². The summed E-state index contributed by atoms with van der Waals surface area (Å²) in [4.78, 5) is 44.4. The SMILES string of the molecule is O=C(O)CN(CCN(CC(=O)O)CC(=O)O)CC(=O)O.[NH2][Fe]. The van der Waals surface area contributed by atoms with Gasteiger partial charge < -0.3 is 20.4 Å². The van der Waals surface area contributed by atoms with Gasteiger partial charge in [-0.3, -0.25) is 29.0 Å². The Hall–Kier alpha value is -1.72. The number of carbonyl (C=O) groups is 4. The molecule has 129 valence electrons. The van der Waals surface area contributed by atoms with Crippen molar-refractivity contribution in [2.24, 2.45) is 4.75 Å². The molecule has 0 fully saturated rings. The Kier molecular flexibility index (Phi) is 13.3. The van der Waals surface area contributed by atoms with E-state index in [1.807, 2.05) is 0 Å². The number of nitrogens with two attached hydrogens (primary N) is 1. The number of rotatable bonds is 11. The summed E-state index contributed by atoms with van der Waals surface area (Å²) in [6.07, 6.45) is 0. The summed E-state index contributed by atoms with van der Waals surface area (Å²) in [5, 5.41) is 34.5. The molecule has 0 saturated heterocycles. The average molecular weight is 364 g/mol. The molecule has 0 amide bonds. The summed E-state index contributed by atoms with van der Waals surface area (Å²) in [6, 6.07) is 0. The van der Waals surface area contributed by atoms with Crippen molar-refractivity contribution in [3.63, 3.8) is 0 Å². The van der Waals surface area contributed by atoms with Crippen molar-refractivity contribution in [3.05, 3.63) is 0 Å². The van der Waals surface area contributed by atoms with Gasteiger partial charge in [-0.25, -0.2) is 0 Å². The Morgan fingerprint density at radius 2 is 0.818 bits per heavy atom. The van der Waals surface area contributed by atoms with Crippen molar-refractivity contribution in [1.29, 1.82) is 0 Å². The van der Waals surface area contributed by atoms with Crippen LogP contribution in [0.25, 0.3) is 0 Å². The molecular weight excluding hydrogens is 346 g/mol. The van der Waals surface area contributed by atoms with Crippen molar-refractivity contribution in [2.75, 3.05) is 39.3 Å². The van der Waals surface area contributed by atoms with E-state index in [2.05, 4.69) is 21.0 Å². The van der Waals surface area contributed by atoms with E-state index < -0.39 is 50.1 Å². The van der Waals surface area contributed by atoms with Gasteiger partial charge in [-0.15, -0.1) is 0 Å². The van der Waals surface area contributed by atoms with Gasteiger partial charge in [0.1, 0.15) is 0 Å². The maximum absolute atomic E-state index is 10.6. The molecule has 0 aliphatic heterocycles. The molecule has 11 nitrogen and oxygen atoms in total. The van der Waals surface area contributed by atoms with Gasteiger partial charge in [-0.1, -0.05) is 0 Å². The molecule has 0 spiro atoms. The van der Waals surface area contributed by atoms with Crippen molar-refractivity contribution < 1.29 is 55.8 Å². The van der Waals surface area contributed by atoms with Crippen LogP contribution in [0.15, 0.2) is 0 Å². The van der Waals surface area contributed by atoms with E-state index in [9.17, 15) is 19.2 Å². The van der Waals surface area contributed by atoms with Crippen LogP contribution in [0.4, 0.5) is 0 Å². The summed E-state index contributed by atoms with van der Waals surface area (Å²) >= 11 is 2.75. The molecule has 0 heterocycles. The minimum absolute atomic E-state index is 0.0703. The molecule has 6 N–H and O–H groups in total. The van der Waals surface area contributed by atoms with E-state index in [0.717, 1.165) is 9.80 Å². The van der Waals surface area contributed by atoms with Gasteiger partial charge in [0.2, 0.25) is 0 Å². The van der Waals surface area contributed by atoms with Crippen LogP contribution >= 0.6 is 0 Å². The Morgan fingerprint density at radius 3 is 0.955 bits per heavy atom. The van der Waals surface area contributed by atoms with E-state index in [0.29, 0.717) is 0 Å². The second-order valence-electron chi connectivity index (χ2n) is 4.00. The first kappa shape index (κ1) is 22.6. The standard InChI is InChI=1S/C10H16N2O8.Fe.H2N/c13-7(14)3-11(4-8(15)16)1-2-12(5-9(17)18)6-10(19)20;;/h1-6H2,(H,13,14)(H,15,16)(H,17,18)(H,19,20);;1H2/q;+1;-1. The number of hydrogen-bond donors (Lipinski definition) is 5. The number of nitrogens with zero attached hydrogens (tertiary/aromatic N) is 2. The number of aliphatic carboxylic acids is 4. The molecule has 12 heteroatoms. The molecule has 0 bridgehead atoms. The fraction of sp³-hybridized carbons (Fsp3) is 0.600. The molecule has 0 aromatic heterocycles. The first-order valence-electron chi connectivity index (χ1n) is 5.73. The molecular formula is C10H18FeN3O8. The zero-order chi connectivity index (χ0) is 17.7. The topological polar surface area (TPSA) is 182 Å². The van der Waals surface area contributed by atoms with Crippen LogP contribution in [0, 0.1) is 0 Å². The van der Waals surface area contributed by atoms with Crippen molar-refractivity contribution in [1.82, 2.24) is 9.80 Å². The third kappa shape index (κ3) is 14.7. The molecule has 0 saturated carbocycles. The van der Waals surface area contributed by atoms with E-state index in [4.69, 9.17) is 20.4 Å². The van der Waals surface area contributed by atoms with Crippen molar-refractivity contribution in [2.45, 2.75) is 0 Å². The average Bonchev–Trinajstić information content (AvgIpc) is 2.35. The van der Waals surface area contributed by atoms with Gasteiger partial charge in [0.25, 0.3) is 0 Å². The van der Waals surface area contributed by atoms with Crippen LogP contribution in [0.5, 0.6) is 0 Å². The summed E-state index contributed by atoms with van der Waals surface area (Å²) in [6.45, 7) is -2.25. The summed E-state index contributed by atoms with van der Waals surface area (Å²) < 4.78 is 4.25. The molecule has 0 aromatic carbocycles. The fourth-order valence-electron chi connectivity index (χ4n) is 1.48. The monoisotopic (exact) mass is 364 g/mol. The van der Waals surface area contributed by atoms with Crippen LogP contribution in [-0.2, 0) is 35.4 Å². The van der Waals surface area contributed by atoms with Crippen LogP contribution in [0.3, 0.4) is 0 Å². The van der Waals surface area contributed by atoms with Gasteiger partial charge in [-0.05, 0) is 0 Å². The zero-order valence-electron chi connectivity index (χ0n) is 11.5. The Balaban J connectivity index is 0. The molecule has 0 atom stereocenters. The molecule has 0 aliphatic carbocycles. The zero-order valence-corrected chi connectivity index (χ0v) is 12.6. The molecule has 0 aromatic rings. The van der Waals surface area contributed by atoms with Crippen LogP contribution in [-0.4, -0.2) is 93.4 Å². The first-order valence-corrected chi connectivity index (χ1v) is 6.36. The van der Waals surface area contributed by atoms with E-state index in [1.165, 1.54) is 0 Å². The Morgan fingerprint density at radius 1 is 0.636 bits per heavy atom. The Bertz CT molecular complexity index is 324.